The molecular weight excluding hydrogens is 473 g/mol. The van der Waals surface area contributed by atoms with Crippen molar-refractivity contribution in [3.05, 3.63) is 53.1 Å². The summed E-state index contributed by atoms with van der Waals surface area (Å²) < 4.78 is 26.1. The van der Waals surface area contributed by atoms with Gasteiger partial charge in [0.25, 0.3) is 0 Å². The van der Waals surface area contributed by atoms with Crippen molar-refractivity contribution in [2.45, 2.75) is 25.3 Å². The van der Waals surface area contributed by atoms with E-state index < -0.39 is 17.4 Å². The lowest BCUT2D eigenvalue weighted by atomic mass is 9.85. The highest BCUT2D eigenvalue weighted by molar-refractivity contribution is 6.30. The number of nitrogens with two attached hydrogens (primary N) is 1. The first kappa shape index (κ1) is 23.6. The molecule has 2 amide bonds. The van der Waals surface area contributed by atoms with Crippen LogP contribution in [-0.4, -0.2) is 59.1 Å². The minimum absolute atomic E-state index is 0.0480. The Morgan fingerprint density at radius 2 is 2.06 bits per heavy atom. The van der Waals surface area contributed by atoms with E-state index in [9.17, 15) is 9.18 Å². The number of primary amides is 1. The Morgan fingerprint density at radius 1 is 1.26 bits per heavy atom. The van der Waals surface area contributed by atoms with E-state index in [0.717, 1.165) is 18.7 Å². The van der Waals surface area contributed by atoms with Gasteiger partial charge in [0, 0.05) is 37.8 Å². The summed E-state index contributed by atoms with van der Waals surface area (Å²) in [4.78, 5) is 25.2. The molecule has 1 aliphatic heterocycles. The molecule has 35 heavy (non-hydrogen) atoms. The number of carbonyl (C=O) groups is 1. The monoisotopic (exact) mass is 499 g/mol. The lowest BCUT2D eigenvalue weighted by molar-refractivity contribution is 0.0329. The molecule has 1 saturated heterocycles. The Labute approximate surface area is 207 Å². The van der Waals surface area contributed by atoms with Crippen molar-refractivity contribution in [1.29, 1.82) is 0 Å². The topological polar surface area (TPSA) is 93.8 Å². The molecule has 2 heterocycles. The minimum Gasteiger partial charge on any atom is -0.496 e. The first-order valence-corrected chi connectivity index (χ1v) is 11.9. The summed E-state index contributed by atoms with van der Waals surface area (Å²) in [5.41, 5.74) is 6.36. The molecular formula is C25H27ClFN5O3. The summed E-state index contributed by atoms with van der Waals surface area (Å²) in [6.45, 7) is 4.84. The van der Waals surface area contributed by atoms with Crippen molar-refractivity contribution >= 4 is 28.5 Å². The summed E-state index contributed by atoms with van der Waals surface area (Å²) in [5.74, 6) is 0.717. The van der Waals surface area contributed by atoms with Gasteiger partial charge in [-0.2, -0.15) is 0 Å². The highest BCUT2D eigenvalue weighted by Crippen LogP contribution is 2.42. The van der Waals surface area contributed by atoms with Crippen LogP contribution in [0.1, 0.15) is 25.3 Å². The third-order valence-electron chi connectivity index (χ3n) is 6.87. The summed E-state index contributed by atoms with van der Waals surface area (Å²) in [5, 5.41) is 0.499. The molecule has 2 fully saturated rings. The number of rotatable bonds is 6. The predicted molar refractivity (Wildman–Crippen MR) is 130 cm³/mol. The highest BCUT2D eigenvalue weighted by atomic mass is 35.5. The third-order valence-corrected chi connectivity index (χ3v) is 7.16. The number of piperazine rings is 1. The fraction of sp³-hybridized carbons (Fsp3) is 0.400. The van der Waals surface area contributed by atoms with Crippen LogP contribution in [0.15, 0.2) is 36.7 Å². The number of urea groups is 1. The summed E-state index contributed by atoms with van der Waals surface area (Å²) in [7, 11) is 1.58. The normalized spacial score (nSPS) is 20.7. The van der Waals surface area contributed by atoms with Crippen molar-refractivity contribution in [3.8, 4) is 17.4 Å². The van der Waals surface area contributed by atoms with Crippen LogP contribution in [0.3, 0.4) is 0 Å². The van der Waals surface area contributed by atoms with Gasteiger partial charge in [-0.05, 0) is 43.9 Å². The molecule has 1 aliphatic carbocycles. The van der Waals surface area contributed by atoms with Crippen molar-refractivity contribution in [2.75, 3.05) is 33.3 Å². The van der Waals surface area contributed by atoms with Gasteiger partial charge in [-0.1, -0.05) is 17.7 Å². The number of methoxy groups -OCH3 is 1. The summed E-state index contributed by atoms with van der Waals surface area (Å²) in [6, 6.07) is 7.65. The zero-order valence-electron chi connectivity index (χ0n) is 19.6. The van der Waals surface area contributed by atoms with Crippen LogP contribution < -0.4 is 15.2 Å². The van der Waals surface area contributed by atoms with E-state index in [4.69, 9.17) is 26.8 Å². The number of hydrogen-bond acceptors (Lipinski definition) is 6. The lowest BCUT2D eigenvalue weighted by Gasteiger charge is -2.49. The van der Waals surface area contributed by atoms with Crippen LogP contribution >= 0.6 is 11.6 Å². The number of hydrogen-bond donors (Lipinski definition) is 1. The predicted octanol–water partition coefficient (Wildman–Crippen LogP) is 4.54. The average Bonchev–Trinajstić information content (AvgIpc) is 3.65. The SMILES string of the molecule is COc1cc2ncnc(Oc3cccc(Cl)c3F)c2cc1[C@]1(C)CN(CC2CC2)CCN1C(N)=O. The van der Waals surface area contributed by atoms with E-state index in [1.165, 1.54) is 31.3 Å². The molecule has 1 atom stereocenters. The van der Waals surface area contributed by atoms with Gasteiger partial charge in [-0.3, -0.25) is 4.90 Å². The Balaban J connectivity index is 1.62. The van der Waals surface area contributed by atoms with Gasteiger partial charge in [0.05, 0.1) is 28.6 Å². The number of amides is 2. The average molecular weight is 500 g/mol. The standard InChI is InChI=1S/C25H27ClFN5O3/c1-25(13-31(12-15-6-7-15)8-9-32(25)24(28)33)17-10-16-19(11-21(17)34-2)29-14-30-23(16)35-20-5-3-4-18(26)22(20)27/h3-5,10-11,14-15H,6-9,12-13H2,1-2H3,(H2,28,33)/t25-/m0/s1. The fourth-order valence-corrected chi connectivity index (χ4v) is 5.06. The molecule has 5 rings (SSSR count). The zero-order chi connectivity index (χ0) is 24.7. The van der Waals surface area contributed by atoms with Crippen molar-refractivity contribution in [2.24, 2.45) is 11.7 Å². The molecule has 0 radical (unpaired) electrons. The highest BCUT2D eigenvalue weighted by Gasteiger charge is 2.44. The second-order valence-electron chi connectivity index (χ2n) is 9.34. The Bertz CT molecular complexity index is 1290. The number of benzene rings is 2. The quantitative estimate of drug-likeness (QED) is 0.535. The molecule has 10 heteroatoms. The van der Waals surface area contributed by atoms with Gasteiger partial charge < -0.3 is 20.1 Å². The largest absolute Gasteiger partial charge is 0.496 e. The molecule has 3 aromatic rings. The van der Waals surface area contributed by atoms with Crippen LogP contribution in [0.25, 0.3) is 10.9 Å². The molecule has 8 nitrogen and oxygen atoms in total. The lowest BCUT2D eigenvalue weighted by Crippen LogP contribution is -2.62. The molecule has 0 bridgehead atoms. The number of fused-ring (bicyclic) bond motifs is 1. The van der Waals surface area contributed by atoms with E-state index in [1.807, 2.05) is 13.0 Å². The zero-order valence-corrected chi connectivity index (χ0v) is 20.4. The van der Waals surface area contributed by atoms with Crippen molar-refractivity contribution in [3.63, 3.8) is 0 Å². The molecule has 1 saturated carbocycles. The number of ether oxygens (including phenoxy) is 2. The first-order chi connectivity index (χ1) is 16.8. The number of nitrogens with zero attached hydrogens (tertiary/aromatic N) is 4. The Morgan fingerprint density at radius 3 is 2.77 bits per heavy atom. The molecule has 1 aromatic heterocycles. The van der Waals surface area contributed by atoms with Gasteiger partial charge >= 0.3 is 6.03 Å². The number of halogens is 2. The maximum absolute atomic E-state index is 14.5. The maximum Gasteiger partial charge on any atom is 0.315 e. The van der Waals surface area contributed by atoms with Gasteiger partial charge in [0.2, 0.25) is 5.88 Å². The maximum atomic E-state index is 14.5. The Kier molecular flexibility index (Phi) is 6.14. The molecule has 2 aliphatic rings. The van der Waals surface area contributed by atoms with Gasteiger partial charge in [-0.25, -0.2) is 19.2 Å². The van der Waals surface area contributed by atoms with E-state index >= 15 is 0 Å². The van der Waals surface area contributed by atoms with Crippen LogP contribution in [0.5, 0.6) is 17.4 Å². The smallest absolute Gasteiger partial charge is 0.315 e. The van der Waals surface area contributed by atoms with Crippen LogP contribution in [0, 0.1) is 11.7 Å². The van der Waals surface area contributed by atoms with Gasteiger partial charge in [-0.15, -0.1) is 0 Å². The second-order valence-corrected chi connectivity index (χ2v) is 9.75. The molecule has 0 spiro atoms. The first-order valence-electron chi connectivity index (χ1n) is 11.5. The fourth-order valence-electron chi connectivity index (χ4n) is 4.89. The van der Waals surface area contributed by atoms with E-state index in [2.05, 4.69) is 14.9 Å². The van der Waals surface area contributed by atoms with E-state index in [0.29, 0.717) is 35.7 Å². The van der Waals surface area contributed by atoms with E-state index in [-0.39, 0.29) is 16.7 Å². The molecule has 184 valence electrons. The number of aromatic nitrogens is 2. The van der Waals surface area contributed by atoms with E-state index in [1.54, 1.807) is 24.1 Å². The summed E-state index contributed by atoms with van der Waals surface area (Å²) in [6.07, 6.45) is 3.82. The summed E-state index contributed by atoms with van der Waals surface area (Å²) >= 11 is 5.92. The van der Waals surface area contributed by atoms with Gasteiger partial charge in [0.1, 0.15) is 12.1 Å². The van der Waals surface area contributed by atoms with Crippen molar-refractivity contribution in [1.82, 2.24) is 19.8 Å². The minimum atomic E-state index is -0.771. The number of carbonyl (C=O) groups excluding carboxylic acids is 1. The van der Waals surface area contributed by atoms with Crippen LogP contribution in [0.4, 0.5) is 9.18 Å². The van der Waals surface area contributed by atoms with Crippen molar-refractivity contribution < 1.29 is 18.7 Å². The Hall–Kier alpha value is -3.17. The van der Waals surface area contributed by atoms with Gasteiger partial charge in [0.15, 0.2) is 11.6 Å². The second kappa shape index (κ2) is 9.13. The third kappa shape index (κ3) is 4.46. The molecule has 2 aromatic carbocycles. The van der Waals surface area contributed by atoms with Crippen LogP contribution in [-0.2, 0) is 5.54 Å². The molecule has 2 N–H and O–H groups in total. The van der Waals surface area contributed by atoms with Crippen LogP contribution in [0.2, 0.25) is 5.02 Å². The molecule has 0 unspecified atom stereocenters.